The van der Waals surface area contributed by atoms with Crippen LogP contribution in [-0.2, 0) is 18.4 Å². The summed E-state index contributed by atoms with van der Waals surface area (Å²) in [5.41, 5.74) is 0. The lowest BCUT2D eigenvalue weighted by molar-refractivity contribution is -0.870. The molecule has 9 nitrogen and oxygen atoms in total. The summed E-state index contributed by atoms with van der Waals surface area (Å²) in [6.07, 6.45) is 38.4. The van der Waals surface area contributed by atoms with Crippen molar-refractivity contribution in [2.75, 3.05) is 40.9 Å². The van der Waals surface area contributed by atoms with Crippen LogP contribution in [0.15, 0.2) is 72.9 Å². The lowest BCUT2D eigenvalue weighted by atomic mass is 10.1. The highest BCUT2D eigenvalue weighted by Crippen LogP contribution is 2.38. The van der Waals surface area contributed by atoms with E-state index >= 15 is 0 Å². The van der Waals surface area contributed by atoms with Crippen LogP contribution in [0.1, 0.15) is 123 Å². The maximum atomic E-state index is 12.8. The quantitative estimate of drug-likeness (QED) is 0.0203. The van der Waals surface area contributed by atoms with E-state index in [9.17, 15) is 24.5 Å². The maximum absolute atomic E-state index is 12.8. The summed E-state index contributed by atoms with van der Waals surface area (Å²) in [6.45, 7) is 4.40. The Balaban J connectivity index is 4.74. The molecule has 4 atom stereocenters. The third-order valence-corrected chi connectivity index (χ3v) is 8.93. The molecular formula is C41H73N2O7P. The number of carbonyl (C=O) groups excluding carboxylic acids is 1. The van der Waals surface area contributed by atoms with Crippen molar-refractivity contribution in [1.29, 1.82) is 0 Å². The van der Waals surface area contributed by atoms with Crippen LogP contribution in [0.4, 0.5) is 0 Å². The van der Waals surface area contributed by atoms with Gasteiger partial charge in [0.1, 0.15) is 13.2 Å². The van der Waals surface area contributed by atoms with Gasteiger partial charge in [-0.3, -0.25) is 9.36 Å². The van der Waals surface area contributed by atoms with Crippen molar-refractivity contribution in [3.8, 4) is 0 Å². The molecule has 0 spiro atoms. The molecule has 0 radical (unpaired) electrons. The largest absolute Gasteiger partial charge is 0.756 e. The van der Waals surface area contributed by atoms with Crippen LogP contribution < -0.4 is 10.2 Å². The molecule has 0 heterocycles. The summed E-state index contributed by atoms with van der Waals surface area (Å²) in [6, 6.07) is -0.954. The first-order valence-electron chi connectivity index (χ1n) is 19.4. The van der Waals surface area contributed by atoms with Gasteiger partial charge in [0.25, 0.3) is 7.82 Å². The third-order valence-electron chi connectivity index (χ3n) is 7.97. The molecule has 0 aliphatic rings. The molecule has 0 aromatic carbocycles. The fourth-order valence-corrected chi connectivity index (χ4v) is 5.49. The summed E-state index contributed by atoms with van der Waals surface area (Å²) in [5.74, 6) is -0.296. The van der Waals surface area contributed by atoms with Crippen LogP contribution in [0, 0.1) is 0 Å². The number of likely N-dealkylation sites (N-methyl/N-ethyl adjacent to an activating group) is 1. The minimum absolute atomic E-state index is 0.0320. The van der Waals surface area contributed by atoms with Crippen molar-refractivity contribution < 1.29 is 38.0 Å². The summed E-state index contributed by atoms with van der Waals surface area (Å²) in [5, 5.41) is 23.7. The molecule has 1 unspecified atom stereocenters. The Labute approximate surface area is 311 Å². The van der Waals surface area contributed by atoms with E-state index in [1.165, 1.54) is 51.4 Å². The molecule has 3 N–H and O–H groups in total. The van der Waals surface area contributed by atoms with Crippen LogP contribution in [0.3, 0.4) is 0 Å². The van der Waals surface area contributed by atoms with Gasteiger partial charge in [0.05, 0.1) is 46.0 Å². The number of nitrogens with zero attached hydrogens (tertiary/aromatic N) is 1. The van der Waals surface area contributed by atoms with E-state index in [0.717, 1.165) is 32.1 Å². The normalized spacial score (nSPS) is 16.0. The fourth-order valence-electron chi connectivity index (χ4n) is 4.77. The summed E-state index contributed by atoms with van der Waals surface area (Å²) in [7, 11) is 1.15. The highest BCUT2D eigenvalue weighted by molar-refractivity contribution is 7.45. The molecule has 10 heteroatoms. The first-order valence-corrected chi connectivity index (χ1v) is 20.9. The van der Waals surface area contributed by atoms with E-state index in [1.807, 2.05) is 63.7 Å². The van der Waals surface area contributed by atoms with E-state index in [0.29, 0.717) is 30.3 Å². The average molecular weight is 737 g/mol. The molecule has 0 saturated heterocycles. The highest BCUT2D eigenvalue weighted by atomic mass is 31.2. The number of phosphoric ester groups is 1. The molecule has 0 aliphatic carbocycles. The summed E-state index contributed by atoms with van der Waals surface area (Å²) >= 11 is 0. The Kier molecular flexibility index (Phi) is 31.2. The van der Waals surface area contributed by atoms with Crippen molar-refractivity contribution in [2.24, 2.45) is 0 Å². The molecule has 1 amide bonds. The number of phosphoric acid groups is 1. The zero-order valence-corrected chi connectivity index (χ0v) is 33.5. The standard InChI is InChI=1S/C41H73N2O7P/c1-6-8-10-12-14-15-16-17-21-25-29-33-40(45)39(37-50-51(47,48)49-36-35-43(3,4)5)42-41(46)34-30-26-22-18-20-24-28-32-38(44)31-27-23-19-13-11-9-7-2/h16-19,22-24,27-29,31,33,38-40,44-45H,6-15,20-21,25-26,30,32,34-37H2,1-5H3,(H-,42,46,47,48)/b17-16-,22-18+,23-19-,28-24-,31-27-,33-29+/t38-,39-,40+/m0/s1. The predicted octanol–water partition coefficient (Wildman–Crippen LogP) is 8.41. The van der Waals surface area contributed by atoms with E-state index in [4.69, 9.17) is 9.05 Å². The minimum Gasteiger partial charge on any atom is -0.756 e. The second kappa shape index (κ2) is 32.5. The molecule has 294 valence electrons. The van der Waals surface area contributed by atoms with Crippen molar-refractivity contribution in [1.82, 2.24) is 5.32 Å². The molecule has 0 aromatic heterocycles. The average Bonchev–Trinajstić information content (AvgIpc) is 3.07. The number of allylic oxidation sites excluding steroid dienone is 9. The predicted molar refractivity (Wildman–Crippen MR) is 211 cm³/mol. The molecule has 0 rings (SSSR count). The van der Waals surface area contributed by atoms with Gasteiger partial charge in [-0.05, 0) is 64.2 Å². The number of amides is 1. The van der Waals surface area contributed by atoms with Gasteiger partial charge < -0.3 is 34.0 Å². The number of carbonyl (C=O) groups is 1. The third kappa shape index (κ3) is 34.7. The summed E-state index contributed by atoms with van der Waals surface area (Å²) < 4.78 is 23.0. The van der Waals surface area contributed by atoms with E-state index in [-0.39, 0.29) is 18.9 Å². The smallest absolute Gasteiger partial charge is 0.268 e. The Morgan fingerprint density at radius 2 is 1.35 bits per heavy atom. The molecule has 0 aliphatic heterocycles. The van der Waals surface area contributed by atoms with Crippen molar-refractivity contribution in [3.05, 3.63) is 72.9 Å². The monoisotopic (exact) mass is 737 g/mol. The van der Waals surface area contributed by atoms with Gasteiger partial charge in [-0.25, -0.2) is 0 Å². The van der Waals surface area contributed by atoms with Gasteiger partial charge in [-0.1, -0.05) is 125 Å². The second-order valence-electron chi connectivity index (χ2n) is 14.1. The molecule has 0 aromatic rings. The second-order valence-corrected chi connectivity index (χ2v) is 15.5. The number of aliphatic hydroxyl groups excluding tert-OH is 2. The number of rotatable bonds is 33. The Bertz CT molecular complexity index is 1080. The van der Waals surface area contributed by atoms with Gasteiger partial charge >= 0.3 is 0 Å². The number of nitrogens with one attached hydrogen (secondary N) is 1. The molecule has 0 saturated carbocycles. The zero-order valence-electron chi connectivity index (χ0n) is 32.6. The van der Waals surface area contributed by atoms with Crippen LogP contribution in [0.2, 0.25) is 0 Å². The lowest BCUT2D eigenvalue weighted by Crippen LogP contribution is -2.45. The molecule has 0 bridgehead atoms. The first-order chi connectivity index (χ1) is 24.4. The summed E-state index contributed by atoms with van der Waals surface area (Å²) in [4.78, 5) is 25.1. The van der Waals surface area contributed by atoms with Crippen LogP contribution >= 0.6 is 7.82 Å². The topological polar surface area (TPSA) is 128 Å². The SMILES string of the molecule is CCCCC/C=C\C=C/[C@H](O)C/C=C\C/C=C/CCCC(=O)N[C@@H](COP(=O)([O-])OCC[N+](C)(C)C)[C@H](O)/C=C/CC/C=C\CCCCCCC. The molecule has 0 fully saturated rings. The molecule has 51 heavy (non-hydrogen) atoms. The number of unbranched alkanes of at least 4 members (excludes halogenated alkanes) is 10. The minimum atomic E-state index is -4.62. The van der Waals surface area contributed by atoms with Crippen LogP contribution in [0.5, 0.6) is 0 Å². The van der Waals surface area contributed by atoms with E-state index in [1.54, 1.807) is 12.2 Å². The number of quaternary nitrogens is 1. The highest BCUT2D eigenvalue weighted by Gasteiger charge is 2.23. The zero-order chi connectivity index (χ0) is 38.1. The molecular weight excluding hydrogens is 663 g/mol. The maximum Gasteiger partial charge on any atom is 0.268 e. The fraction of sp³-hybridized carbons (Fsp3) is 0.683. The Morgan fingerprint density at radius 1 is 0.745 bits per heavy atom. The van der Waals surface area contributed by atoms with Crippen molar-refractivity contribution in [3.63, 3.8) is 0 Å². The van der Waals surface area contributed by atoms with Gasteiger partial charge in [-0.2, -0.15) is 0 Å². The number of aliphatic hydroxyl groups is 2. The van der Waals surface area contributed by atoms with Gasteiger partial charge in [0.15, 0.2) is 0 Å². The van der Waals surface area contributed by atoms with E-state index < -0.39 is 32.7 Å². The lowest BCUT2D eigenvalue weighted by Gasteiger charge is -2.29. The van der Waals surface area contributed by atoms with Gasteiger partial charge in [0.2, 0.25) is 5.91 Å². The Morgan fingerprint density at radius 3 is 2.10 bits per heavy atom. The van der Waals surface area contributed by atoms with E-state index in [2.05, 4.69) is 37.4 Å². The Hall–Kier alpha value is -2.10. The van der Waals surface area contributed by atoms with Gasteiger partial charge in [0, 0.05) is 6.42 Å². The van der Waals surface area contributed by atoms with Crippen molar-refractivity contribution >= 4 is 13.7 Å². The number of hydrogen-bond acceptors (Lipinski definition) is 7. The number of hydrogen-bond donors (Lipinski definition) is 3. The van der Waals surface area contributed by atoms with Crippen LogP contribution in [-0.4, -0.2) is 79.8 Å². The van der Waals surface area contributed by atoms with Gasteiger partial charge in [-0.15, -0.1) is 0 Å². The van der Waals surface area contributed by atoms with Crippen LogP contribution in [0.25, 0.3) is 0 Å². The first kappa shape index (κ1) is 48.9. The van der Waals surface area contributed by atoms with Crippen molar-refractivity contribution in [2.45, 2.75) is 141 Å².